The topological polar surface area (TPSA) is 79.2 Å². The van der Waals surface area contributed by atoms with Crippen LogP contribution in [0.2, 0.25) is 0 Å². The van der Waals surface area contributed by atoms with Crippen molar-refractivity contribution in [2.24, 2.45) is 5.92 Å². The normalized spacial score (nSPS) is 30.5. The number of para-hydroxylation sites is 2. The van der Waals surface area contributed by atoms with Gasteiger partial charge in [-0.2, -0.15) is 4.98 Å². The van der Waals surface area contributed by atoms with E-state index in [9.17, 15) is 4.79 Å². The number of oxazole rings is 1. The molecule has 2 aromatic rings. The molecule has 0 radical (unpaired) electrons. The van der Waals surface area contributed by atoms with Crippen molar-refractivity contribution in [3.63, 3.8) is 0 Å². The molecule has 1 saturated heterocycles. The van der Waals surface area contributed by atoms with Gasteiger partial charge in [-0.05, 0) is 37.5 Å². The van der Waals surface area contributed by atoms with E-state index in [1.54, 1.807) is 6.08 Å². The quantitative estimate of drug-likeness (QED) is 0.771. The molecule has 3 atom stereocenters. The second-order valence-electron chi connectivity index (χ2n) is 7.72. The van der Waals surface area contributed by atoms with Crippen LogP contribution in [-0.2, 0) is 4.79 Å². The molecule has 6 nitrogen and oxygen atoms in total. The van der Waals surface area contributed by atoms with E-state index < -0.39 is 0 Å². The first kappa shape index (κ1) is 16.0. The van der Waals surface area contributed by atoms with Crippen molar-refractivity contribution in [2.75, 3.05) is 5.32 Å². The molecule has 2 fully saturated rings. The van der Waals surface area contributed by atoms with Crippen LogP contribution in [0.15, 0.2) is 40.8 Å². The Balaban J connectivity index is 1.43. The van der Waals surface area contributed by atoms with E-state index in [-0.39, 0.29) is 29.6 Å². The van der Waals surface area contributed by atoms with Gasteiger partial charge in [-0.25, -0.2) is 0 Å². The Morgan fingerprint density at radius 3 is 2.88 bits per heavy atom. The van der Waals surface area contributed by atoms with Gasteiger partial charge in [0.2, 0.25) is 0 Å². The fourth-order valence-electron chi connectivity index (χ4n) is 5.00. The zero-order valence-electron chi connectivity index (χ0n) is 14.7. The molecule has 1 saturated carbocycles. The lowest BCUT2D eigenvalue weighted by Crippen LogP contribution is -2.74. The van der Waals surface area contributed by atoms with E-state index in [4.69, 9.17) is 4.42 Å². The number of carbonyl (C=O) groups is 1. The van der Waals surface area contributed by atoms with Crippen LogP contribution in [0.5, 0.6) is 0 Å². The van der Waals surface area contributed by atoms with Crippen molar-refractivity contribution in [3.8, 4) is 0 Å². The summed E-state index contributed by atoms with van der Waals surface area (Å²) in [7, 11) is 0. The molecule has 0 amide bonds. The Hall–Kier alpha value is -2.18. The molecule has 3 aliphatic rings. The molecule has 0 unspecified atom stereocenters. The molecule has 6 heteroatoms. The molecule has 1 aliphatic heterocycles. The smallest absolute Gasteiger partial charge is 0.297 e. The third-order valence-corrected chi connectivity index (χ3v) is 6.10. The molecular formula is C20H24N4O2. The van der Waals surface area contributed by atoms with Crippen LogP contribution in [0.3, 0.4) is 0 Å². The highest BCUT2D eigenvalue weighted by molar-refractivity contribution is 5.94. The van der Waals surface area contributed by atoms with Gasteiger partial charge < -0.3 is 9.73 Å². The maximum absolute atomic E-state index is 12.7. The Morgan fingerprint density at radius 1 is 1.19 bits per heavy atom. The Labute approximate surface area is 152 Å². The number of benzene rings is 1. The van der Waals surface area contributed by atoms with Crippen molar-refractivity contribution in [3.05, 3.63) is 36.4 Å². The summed E-state index contributed by atoms with van der Waals surface area (Å²) >= 11 is 0. The Kier molecular flexibility index (Phi) is 3.83. The zero-order valence-corrected chi connectivity index (χ0v) is 14.7. The molecule has 136 valence electrons. The highest BCUT2D eigenvalue weighted by Crippen LogP contribution is 2.41. The predicted octanol–water partition coefficient (Wildman–Crippen LogP) is 2.93. The summed E-state index contributed by atoms with van der Waals surface area (Å²) in [6.45, 7) is 0. The highest BCUT2D eigenvalue weighted by Gasteiger charge is 2.51. The fraction of sp³-hybridized carbons (Fsp3) is 0.500. The maximum atomic E-state index is 12.7. The van der Waals surface area contributed by atoms with Gasteiger partial charge in [0, 0.05) is 11.6 Å². The van der Waals surface area contributed by atoms with E-state index in [1.807, 2.05) is 30.3 Å². The van der Waals surface area contributed by atoms with Gasteiger partial charge in [0.15, 0.2) is 11.4 Å². The third kappa shape index (κ3) is 2.64. The minimum Gasteiger partial charge on any atom is -0.424 e. The lowest BCUT2D eigenvalue weighted by molar-refractivity contribution is -0.125. The van der Waals surface area contributed by atoms with E-state index in [0.29, 0.717) is 6.01 Å². The van der Waals surface area contributed by atoms with Crippen LogP contribution in [-0.4, -0.2) is 28.6 Å². The van der Waals surface area contributed by atoms with E-state index >= 15 is 0 Å². The van der Waals surface area contributed by atoms with Crippen molar-refractivity contribution < 1.29 is 9.21 Å². The molecule has 1 aromatic carbocycles. The summed E-state index contributed by atoms with van der Waals surface area (Å²) < 4.78 is 5.82. The number of carbonyl (C=O) groups excluding carboxylic acids is 1. The number of hydrogen-bond acceptors (Lipinski definition) is 6. The Bertz CT molecular complexity index is 819. The average molecular weight is 352 g/mol. The number of fused-ring (bicyclic) bond motifs is 3. The lowest BCUT2D eigenvalue weighted by Gasteiger charge is -2.53. The second kappa shape index (κ2) is 6.21. The van der Waals surface area contributed by atoms with E-state index in [1.165, 1.54) is 19.3 Å². The zero-order chi connectivity index (χ0) is 17.6. The molecule has 1 spiro atoms. The number of aromatic nitrogens is 1. The summed E-state index contributed by atoms with van der Waals surface area (Å²) in [5, 5.41) is 10.6. The molecule has 5 rings (SSSR count). The summed E-state index contributed by atoms with van der Waals surface area (Å²) in [6.07, 6.45) is 10.2. The van der Waals surface area contributed by atoms with Crippen molar-refractivity contribution in [1.29, 1.82) is 0 Å². The molecule has 0 bridgehead atoms. The van der Waals surface area contributed by atoms with Crippen LogP contribution in [0.4, 0.5) is 6.01 Å². The predicted molar refractivity (Wildman–Crippen MR) is 99.5 cm³/mol. The van der Waals surface area contributed by atoms with Crippen LogP contribution in [0, 0.1) is 5.92 Å². The van der Waals surface area contributed by atoms with Crippen LogP contribution < -0.4 is 16.0 Å². The first-order valence-corrected chi connectivity index (χ1v) is 9.60. The number of hydrogen-bond donors (Lipinski definition) is 3. The van der Waals surface area contributed by atoms with Gasteiger partial charge in [-0.3, -0.25) is 15.4 Å². The third-order valence-electron chi connectivity index (χ3n) is 6.10. The monoisotopic (exact) mass is 352 g/mol. The van der Waals surface area contributed by atoms with Crippen LogP contribution in [0.25, 0.3) is 11.1 Å². The Morgan fingerprint density at radius 2 is 2.04 bits per heavy atom. The molecule has 26 heavy (non-hydrogen) atoms. The largest absolute Gasteiger partial charge is 0.424 e. The van der Waals surface area contributed by atoms with Gasteiger partial charge in [0.1, 0.15) is 11.8 Å². The number of nitrogens with one attached hydrogen (secondary N) is 3. The van der Waals surface area contributed by atoms with Crippen molar-refractivity contribution in [2.45, 2.75) is 56.4 Å². The lowest BCUT2D eigenvalue weighted by atomic mass is 9.65. The SMILES string of the molecule is O=C1C=CC[C@H]2N[C@@H](Nc3nc4ccccc4o3)NC3(CCCCC3)[C@H]12. The average Bonchev–Trinajstić information content (AvgIpc) is 3.04. The first-order chi connectivity index (χ1) is 12.7. The first-order valence-electron chi connectivity index (χ1n) is 9.60. The van der Waals surface area contributed by atoms with E-state index in [0.717, 1.165) is 30.4 Å². The molecular weight excluding hydrogens is 328 g/mol. The fourth-order valence-corrected chi connectivity index (χ4v) is 5.00. The van der Waals surface area contributed by atoms with Gasteiger partial charge in [0.25, 0.3) is 6.01 Å². The molecule has 1 aromatic heterocycles. The number of nitrogens with zero attached hydrogens (tertiary/aromatic N) is 1. The number of allylic oxidation sites excluding steroid dienone is 1. The summed E-state index contributed by atoms with van der Waals surface area (Å²) in [5.41, 5.74) is 1.47. The second-order valence-corrected chi connectivity index (χ2v) is 7.72. The van der Waals surface area contributed by atoms with Crippen molar-refractivity contribution in [1.82, 2.24) is 15.6 Å². The minimum atomic E-state index is -0.165. The number of rotatable bonds is 2. The molecule has 3 N–H and O–H groups in total. The van der Waals surface area contributed by atoms with Crippen LogP contribution >= 0.6 is 0 Å². The van der Waals surface area contributed by atoms with Crippen molar-refractivity contribution >= 4 is 22.9 Å². The van der Waals surface area contributed by atoms with Gasteiger partial charge >= 0.3 is 0 Å². The minimum absolute atomic E-state index is 0.00878. The van der Waals surface area contributed by atoms with E-state index in [2.05, 4.69) is 20.9 Å². The number of anilines is 1. The standard InChI is InChI=1S/C20H24N4O2/c25-15-9-6-8-14-17(15)20(11-4-1-5-12-20)24-18(21-14)23-19-22-13-7-2-3-10-16(13)26-19/h2-3,6-7,9-10,14,17-18,21,24H,1,4-5,8,11-12H2,(H,22,23)/t14-,17+,18+/m1/s1. The highest BCUT2D eigenvalue weighted by atomic mass is 16.4. The number of ketones is 1. The molecule has 2 heterocycles. The van der Waals surface area contributed by atoms with Gasteiger partial charge in [-0.15, -0.1) is 0 Å². The maximum Gasteiger partial charge on any atom is 0.297 e. The summed E-state index contributed by atoms with van der Waals surface area (Å²) in [5.74, 6) is 0.262. The van der Waals surface area contributed by atoms with Gasteiger partial charge in [0.05, 0.1) is 5.92 Å². The van der Waals surface area contributed by atoms with Gasteiger partial charge in [-0.1, -0.05) is 37.5 Å². The summed E-state index contributed by atoms with van der Waals surface area (Å²) in [4.78, 5) is 17.2. The van der Waals surface area contributed by atoms with Crippen LogP contribution in [0.1, 0.15) is 38.5 Å². The molecule has 2 aliphatic carbocycles. The summed E-state index contributed by atoms with van der Waals surface area (Å²) in [6, 6.07) is 8.39.